The largest absolute Gasteiger partial charge is 0.369 e. The summed E-state index contributed by atoms with van der Waals surface area (Å²) in [6.45, 7) is 2.33. The lowest BCUT2D eigenvalue weighted by molar-refractivity contribution is -0.121. The number of amides is 3. The summed E-state index contributed by atoms with van der Waals surface area (Å²) >= 11 is 0. The standard InChI is InChI=1S/C14H17N3O2/c18-13-7-9-17(14(19)15-13)12-6-8-16(10-12)11-4-2-1-3-5-11/h1-5,12H,6-10H2,(H,15,18,19)/t12-/m0/s1. The molecule has 1 atom stereocenters. The molecule has 2 aliphatic heterocycles. The predicted molar refractivity (Wildman–Crippen MR) is 71.9 cm³/mol. The number of nitrogens with one attached hydrogen (secondary N) is 1. The topological polar surface area (TPSA) is 52.7 Å². The Morgan fingerprint density at radius 1 is 1.11 bits per heavy atom. The van der Waals surface area contributed by atoms with Crippen molar-refractivity contribution in [1.29, 1.82) is 0 Å². The molecule has 0 bridgehead atoms. The van der Waals surface area contributed by atoms with Crippen LogP contribution >= 0.6 is 0 Å². The lowest BCUT2D eigenvalue weighted by Crippen LogP contribution is -2.54. The molecule has 0 aromatic heterocycles. The van der Waals surface area contributed by atoms with Gasteiger partial charge in [0, 0.05) is 31.7 Å². The minimum atomic E-state index is -0.240. The van der Waals surface area contributed by atoms with Gasteiger partial charge in [0.15, 0.2) is 0 Å². The summed E-state index contributed by atoms with van der Waals surface area (Å²) in [5, 5.41) is 2.39. The monoisotopic (exact) mass is 259 g/mol. The van der Waals surface area contributed by atoms with E-state index in [4.69, 9.17) is 0 Å². The van der Waals surface area contributed by atoms with Crippen LogP contribution in [-0.4, -0.2) is 42.5 Å². The fourth-order valence-electron chi connectivity index (χ4n) is 2.80. The summed E-state index contributed by atoms with van der Waals surface area (Å²) in [6.07, 6.45) is 1.37. The van der Waals surface area contributed by atoms with Crippen molar-refractivity contribution >= 4 is 17.6 Å². The highest BCUT2D eigenvalue weighted by Crippen LogP contribution is 2.23. The highest BCUT2D eigenvalue weighted by molar-refractivity contribution is 5.96. The smallest absolute Gasteiger partial charge is 0.324 e. The van der Waals surface area contributed by atoms with Crippen LogP contribution < -0.4 is 10.2 Å². The number of urea groups is 1. The summed E-state index contributed by atoms with van der Waals surface area (Å²) < 4.78 is 0. The third-order valence-electron chi connectivity index (χ3n) is 3.81. The van der Waals surface area contributed by atoms with E-state index < -0.39 is 0 Å². The van der Waals surface area contributed by atoms with Crippen LogP contribution in [0.1, 0.15) is 12.8 Å². The van der Waals surface area contributed by atoms with Gasteiger partial charge in [-0.1, -0.05) is 18.2 Å². The van der Waals surface area contributed by atoms with E-state index >= 15 is 0 Å². The Hall–Kier alpha value is -2.04. The maximum atomic E-state index is 11.8. The molecule has 3 rings (SSSR count). The summed E-state index contributed by atoms with van der Waals surface area (Å²) in [5.74, 6) is -0.167. The molecule has 3 amide bonds. The number of benzene rings is 1. The molecule has 0 spiro atoms. The first-order valence-corrected chi connectivity index (χ1v) is 6.64. The van der Waals surface area contributed by atoms with Gasteiger partial charge in [0.1, 0.15) is 0 Å². The minimum Gasteiger partial charge on any atom is -0.369 e. The molecule has 1 aromatic carbocycles. The van der Waals surface area contributed by atoms with Gasteiger partial charge in [0.25, 0.3) is 0 Å². The van der Waals surface area contributed by atoms with E-state index in [0.717, 1.165) is 19.5 Å². The fourth-order valence-corrected chi connectivity index (χ4v) is 2.80. The Balaban J connectivity index is 1.66. The number of imide groups is 1. The minimum absolute atomic E-state index is 0.167. The van der Waals surface area contributed by atoms with Gasteiger partial charge in [0.2, 0.25) is 5.91 Å². The van der Waals surface area contributed by atoms with Gasteiger partial charge >= 0.3 is 6.03 Å². The van der Waals surface area contributed by atoms with E-state index in [9.17, 15) is 9.59 Å². The van der Waals surface area contributed by atoms with Crippen LogP contribution in [0.2, 0.25) is 0 Å². The predicted octanol–water partition coefficient (Wildman–Crippen LogP) is 1.21. The molecule has 1 N–H and O–H groups in total. The first-order valence-electron chi connectivity index (χ1n) is 6.64. The van der Waals surface area contributed by atoms with Gasteiger partial charge in [0.05, 0.1) is 6.04 Å². The highest BCUT2D eigenvalue weighted by atomic mass is 16.2. The van der Waals surface area contributed by atoms with Crippen molar-refractivity contribution in [2.24, 2.45) is 0 Å². The Morgan fingerprint density at radius 3 is 2.63 bits per heavy atom. The van der Waals surface area contributed by atoms with E-state index in [1.807, 2.05) is 18.2 Å². The molecular weight excluding hydrogens is 242 g/mol. The van der Waals surface area contributed by atoms with Gasteiger partial charge in [-0.05, 0) is 18.6 Å². The molecule has 0 radical (unpaired) electrons. The van der Waals surface area contributed by atoms with Crippen molar-refractivity contribution in [1.82, 2.24) is 10.2 Å². The fraction of sp³-hybridized carbons (Fsp3) is 0.429. The number of para-hydroxylation sites is 1. The molecular formula is C14H17N3O2. The quantitative estimate of drug-likeness (QED) is 0.868. The van der Waals surface area contributed by atoms with E-state index in [2.05, 4.69) is 22.3 Å². The lowest BCUT2D eigenvalue weighted by Gasteiger charge is -2.32. The van der Waals surface area contributed by atoms with Gasteiger partial charge < -0.3 is 9.80 Å². The summed E-state index contributed by atoms with van der Waals surface area (Å²) in [7, 11) is 0. The molecule has 2 aliphatic rings. The average Bonchev–Trinajstić information content (AvgIpc) is 2.89. The van der Waals surface area contributed by atoms with Crippen molar-refractivity contribution in [2.45, 2.75) is 18.9 Å². The van der Waals surface area contributed by atoms with E-state index in [1.165, 1.54) is 5.69 Å². The summed E-state index contributed by atoms with van der Waals surface area (Å²) in [5.41, 5.74) is 1.19. The third kappa shape index (κ3) is 2.41. The van der Waals surface area contributed by atoms with Crippen LogP contribution in [-0.2, 0) is 4.79 Å². The maximum absolute atomic E-state index is 11.8. The number of rotatable bonds is 2. The molecule has 100 valence electrons. The molecule has 2 heterocycles. The second-order valence-electron chi connectivity index (χ2n) is 5.02. The van der Waals surface area contributed by atoms with E-state index in [-0.39, 0.29) is 18.0 Å². The Bertz CT molecular complexity index is 489. The molecule has 2 fully saturated rings. The van der Waals surface area contributed by atoms with Crippen molar-refractivity contribution in [2.75, 3.05) is 24.5 Å². The molecule has 0 unspecified atom stereocenters. The van der Waals surface area contributed by atoms with Gasteiger partial charge in [-0.25, -0.2) is 4.79 Å². The number of hydrogen-bond donors (Lipinski definition) is 1. The molecule has 5 heteroatoms. The van der Waals surface area contributed by atoms with Crippen molar-refractivity contribution in [3.8, 4) is 0 Å². The second kappa shape index (κ2) is 4.91. The lowest BCUT2D eigenvalue weighted by atomic mass is 10.2. The van der Waals surface area contributed by atoms with Gasteiger partial charge in [-0.2, -0.15) is 0 Å². The van der Waals surface area contributed by atoms with E-state index in [1.54, 1.807) is 4.90 Å². The molecule has 2 saturated heterocycles. The van der Waals surface area contributed by atoms with Crippen LogP contribution in [0.15, 0.2) is 30.3 Å². The molecule has 0 saturated carbocycles. The van der Waals surface area contributed by atoms with Crippen LogP contribution in [0.25, 0.3) is 0 Å². The van der Waals surface area contributed by atoms with Crippen molar-refractivity contribution < 1.29 is 9.59 Å². The number of carbonyl (C=O) groups is 2. The zero-order valence-electron chi connectivity index (χ0n) is 10.7. The van der Waals surface area contributed by atoms with Gasteiger partial charge in [-0.15, -0.1) is 0 Å². The molecule has 0 aliphatic carbocycles. The highest BCUT2D eigenvalue weighted by Gasteiger charge is 2.33. The Labute approximate surface area is 112 Å². The number of nitrogens with zero attached hydrogens (tertiary/aromatic N) is 2. The number of hydrogen-bond acceptors (Lipinski definition) is 3. The Morgan fingerprint density at radius 2 is 1.89 bits per heavy atom. The summed E-state index contributed by atoms with van der Waals surface area (Å²) in [4.78, 5) is 27.0. The van der Waals surface area contributed by atoms with Crippen LogP contribution in [0, 0.1) is 0 Å². The molecule has 1 aromatic rings. The first kappa shape index (κ1) is 12.0. The third-order valence-corrected chi connectivity index (χ3v) is 3.81. The number of carbonyl (C=O) groups excluding carboxylic acids is 2. The van der Waals surface area contributed by atoms with Crippen LogP contribution in [0.3, 0.4) is 0 Å². The second-order valence-corrected chi connectivity index (χ2v) is 5.02. The zero-order valence-corrected chi connectivity index (χ0v) is 10.7. The SMILES string of the molecule is O=C1CCN([C@H]2CCN(c3ccccc3)C2)C(=O)N1. The normalized spacial score (nSPS) is 23.7. The van der Waals surface area contributed by atoms with Crippen molar-refractivity contribution in [3.05, 3.63) is 30.3 Å². The van der Waals surface area contributed by atoms with E-state index in [0.29, 0.717) is 13.0 Å². The van der Waals surface area contributed by atoms with Gasteiger partial charge in [-0.3, -0.25) is 10.1 Å². The first-order chi connectivity index (χ1) is 9.24. The van der Waals surface area contributed by atoms with Crippen LogP contribution in [0.4, 0.5) is 10.5 Å². The van der Waals surface area contributed by atoms with Crippen LogP contribution in [0.5, 0.6) is 0 Å². The number of anilines is 1. The van der Waals surface area contributed by atoms with Crippen molar-refractivity contribution in [3.63, 3.8) is 0 Å². The Kier molecular flexibility index (Phi) is 3.11. The molecule has 5 nitrogen and oxygen atoms in total. The average molecular weight is 259 g/mol. The zero-order chi connectivity index (χ0) is 13.2. The molecule has 19 heavy (non-hydrogen) atoms. The maximum Gasteiger partial charge on any atom is 0.324 e. The summed E-state index contributed by atoms with van der Waals surface area (Å²) in [6, 6.07) is 10.2.